The van der Waals surface area contributed by atoms with Gasteiger partial charge in [-0.25, -0.2) is 22.1 Å². The molecule has 4 heterocycles. The summed E-state index contributed by atoms with van der Waals surface area (Å²) in [6.45, 7) is 10.1. The molecule has 0 saturated carbocycles. The van der Waals surface area contributed by atoms with Crippen LogP contribution in [-0.2, 0) is 24.3 Å². The van der Waals surface area contributed by atoms with Crippen molar-refractivity contribution in [2.45, 2.75) is 70.4 Å². The Balaban J connectivity index is 1.11. The fourth-order valence-electron chi connectivity index (χ4n) is 9.21. The molecule has 2 aromatic heterocycles. The standard InChI is InChI=1S/C51H58ClFN6O10S/c1-49(2)16-14-36(42(29-49)34-6-8-37(52)9-7-34)31-56-20-22-57(23-21-56)38-10-12-41(45(27-38)69-39-26-35-15-19-54-46(35)55-30-39)47(60)58(32-50(3,4)48(61)66-5)70(64,65)40-11-13-44(43(28-40)59(62)63)68-33-51(53)17-24-67-25-18-51/h6-13,15,19,26-28,30H,14,16-18,20-25,29,31-33H2,1-5H3,(H,54,55). The normalized spacial score (nSPS) is 17.6. The zero-order valence-electron chi connectivity index (χ0n) is 40.0. The van der Waals surface area contributed by atoms with Gasteiger partial charge >= 0.3 is 11.7 Å². The smallest absolute Gasteiger partial charge is 0.313 e. The second-order valence-corrected chi connectivity index (χ2v) is 22.0. The number of nitrogens with one attached hydrogen (secondary N) is 1. The number of piperazine rings is 1. The van der Waals surface area contributed by atoms with E-state index in [0.29, 0.717) is 33.8 Å². The number of esters is 1. The molecule has 2 aliphatic heterocycles. The molecule has 70 heavy (non-hydrogen) atoms. The van der Waals surface area contributed by atoms with Crippen molar-refractivity contribution < 1.29 is 46.3 Å². The first-order valence-electron chi connectivity index (χ1n) is 23.3. The molecular formula is C51H58ClFN6O10S. The number of pyridine rings is 1. The molecule has 16 nitrogen and oxygen atoms in total. The number of methoxy groups -OCH3 is 1. The molecule has 0 unspecified atom stereocenters. The Morgan fingerprint density at radius 3 is 2.41 bits per heavy atom. The number of anilines is 1. The molecule has 19 heteroatoms. The highest BCUT2D eigenvalue weighted by Crippen LogP contribution is 2.44. The number of nitro benzene ring substituents is 1. The number of aromatic amines is 1. The number of halogens is 2. The van der Waals surface area contributed by atoms with Crippen LogP contribution in [0.5, 0.6) is 17.2 Å². The monoisotopic (exact) mass is 1000 g/mol. The van der Waals surface area contributed by atoms with Gasteiger partial charge < -0.3 is 28.8 Å². The van der Waals surface area contributed by atoms with Gasteiger partial charge in [0.05, 0.1) is 40.6 Å². The Hall–Kier alpha value is -6.08. The van der Waals surface area contributed by atoms with E-state index in [2.05, 4.69) is 45.7 Å². The van der Waals surface area contributed by atoms with E-state index in [-0.39, 0.29) is 54.3 Å². The van der Waals surface area contributed by atoms with Crippen LogP contribution in [0.3, 0.4) is 0 Å². The molecule has 0 radical (unpaired) electrons. The van der Waals surface area contributed by atoms with E-state index in [1.165, 1.54) is 42.8 Å². The molecule has 8 rings (SSSR count). The zero-order chi connectivity index (χ0) is 50.0. The fourth-order valence-corrected chi connectivity index (χ4v) is 10.9. The third-order valence-corrected chi connectivity index (χ3v) is 15.4. The maximum Gasteiger partial charge on any atom is 0.313 e. The number of benzene rings is 3. The first-order valence-corrected chi connectivity index (χ1v) is 25.1. The Bertz CT molecular complexity index is 2910. The Kier molecular flexibility index (Phi) is 14.6. The fraction of sp³-hybridized carbons (Fsp3) is 0.431. The third kappa shape index (κ3) is 11.3. The van der Waals surface area contributed by atoms with E-state index in [1.807, 2.05) is 12.1 Å². The number of hydrogen-bond acceptors (Lipinski definition) is 13. The van der Waals surface area contributed by atoms with Crippen LogP contribution in [0, 0.1) is 20.9 Å². The predicted molar refractivity (Wildman–Crippen MR) is 264 cm³/mol. The summed E-state index contributed by atoms with van der Waals surface area (Å²) in [5, 5.41) is 13.8. The van der Waals surface area contributed by atoms with E-state index in [0.717, 1.165) is 69.6 Å². The van der Waals surface area contributed by atoms with Crippen molar-refractivity contribution >= 4 is 61.5 Å². The number of alkyl halides is 1. The largest absolute Gasteiger partial charge is 0.483 e. The molecule has 3 aromatic carbocycles. The van der Waals surface area contributed by atoms with Crippen molar-refractivity contribution in [3.63, 3.8) is 0 Å². The van der Waals surface area contributed by atoms with Gasteiger partial charge in [-0.3, -0.25) is 24.6 Å². The second kappa shape index (κ2) is 20.3. The lowest BCUT2D eigenvalue weighted by atomic mass is 9.72. The Labute approximate surface area is 411 Å². The summed E-state index contributed by atoms with van der Waals surface area (Å²) in [7, 11) is -3.87. The highest BCUT2D eigenvalue weighted by Gasteiger charge is 2.42. The van der Waals surface area contributed by atoms with E-state index < -0.39 is 61.6 Å². The lowest BCUT2D eigenvalue weighted by Crippen LogP contribution is -2.47. The highest BCUT2D eigenvalue weighted by atomic mass is 35.5. The quantitative estimate of drug-likeness (QED) is 0.0560. The topological polar surface area (TPSA) is 187 Å². The summed E-state index contributed by atoms with van der Waals surface area (Å²) in [6.07, 6.45) is 6.31. The first-order chi connectivity index (χ1) is 33.2. The van der Waals surface area contributed by atoms with Crippen molar-refractivity contribution in [1.29, 1.82) is 0 Å². The molecule has 372 valence electrons. The molecule has 0 spiro atoms. The second-order valence-electron chi connectivity index (χ2n) is 19.7. The molecular weight excluding hydrogens is 943 g/mol. The number of carbonyl (C=O) groups is 2. The van der Waals surface area contributed by atoms with Gasteiger partial charge in [0.15, 0.2) is 5.75 Å². The average molecular weight is 1000 g/mol. The summed E-state index contributed by atoms with van der Waals surface area (Å²) < 4.78 is 67.9. The van der Waals surface area contributed by atoms with Crippen LogP contribution in [-0.4, -0.2) is 116 Å². The van der Waals surface area contributed by atoms with Gasteiger partial charge in [0.25, 0.3) is 15.9 Å². The lowest BCUT2D eigenvalue weighted by Gasteiger charge is -2.39. The van der Waals surface area contributed by atoms with Crippen molar-refractivity contribution in [3.05, 3.63) is 117 Å². The number of amides is 1. The van der Waals surface area contributed by atoms with Crippen molar-refractivity contribution in [2.24, 2.45) is 10.8 Å². The number of sulfonamides is 1. The van der Waals surface area contributed by atoms with Crippen molar-refractivity contribution in [3.8, 4) is 17.2 Å². The van der Waals surface area contributed by atoms with Gasteiger partial charge in [-0.2, -0.15) is 0 Å². The molecule has 1 amide bonds. The first kappa shape index (κ1) is 50.3. The molecule has 2 saturated heterocycles. The number of nitrogens with zero attached hydrogens (tertiary/aromatic N) is 5. The van der Waals surface area contributed by atoms with Crippen LogP contribution in [0.1, 0.15) is 75.7 Å². The minimum atomic E-state index is -5.01. The maximum absolute atomic E-state index is 15.4. The third-order valence-electron chi connectivity index (χ3n) is 13.4. The maximum atomic E-state index is 15.4. The van der Waals surface area contributed by atoms with Gasteiger partial charge in [-0.1, -0.05) is 43.2 Å². The molecule has 0 atom stereocenters. The Morgan fingerprint density at radius 1 is 0.986 bits per heavy atom. The highest BCUT2D eigenvalue weighted by molar-refractivity contribution is 7.89. The van der Waals surface area contributed by atoms with Crippen LogP contribution in [0.15, 0.2) is 95.7 Å². The number of rotatable bonds is 16. The number of ether oxygens (including phenoxy) is 4. The summed E-state index contributed by atoms with van der Waals surface area (Å²) >= 11 is 6.26. The van der Waals surface area contributed by atoms with Crippen LogP contribution < -0.4 is 14.4 Å². The van der Waals surface area contributed by atoms with Gasteiger partial charge in [0.1, 0.15) is 29.4 Å². The molecule has 3 aliphatic rings. The average Bonchev–Trinajstić information content (AvgIpc) is 3.81. The summed E-state index contributed by atoms with van der Waals surface area (Å²) in [5.41, 5.74) is 1.14. The zero-order valence-corrected chi connectivity index (χ0v) is 41.5. The molecule has 1 aliphatic carbocycles. The van der Waals surface area contributed by atoms with E-state index in [4.69, 9.17) is 30.5 Å². The SMILES string of the molecule is COC(=O)C(C)(C)CN(C(=O)c1ccc(N2CCN(CC3=C(c4ccc(Cl)cc4)CC(C)(C)CC3)CC2)cc1Oc1cnc2[nH]ccc2c1)S(=O)(=O)c1ccc(OCC2(F)CCOCC2)c([N+](=O)[O-])c1. The molecule has 0 bridgehead atoms. The Morgan fingerprint density at radius 2 is 1.71 bits per heavy atom. The molecule has 5 aromatic rings. The van der Waals surface area contributed by atoms with Gasteiger partial charge in [0.2, 0.25) is 0 Å². The van der Waals surface area contributed by atoms with Crippen LogP contribution in [0.25, 0.3) is 16.6 Å². The number of carbonyl (C=O) groups excluding carboxylic acids is 2. The molecule has 2 fully saturated rings. The minimum Gasteiger partial charge on any atom is -0.483 e. The van der Waals surface area contributed by atoms with Gasteiger partial charge in [-0.05, 0) is 98.2 Å². The van der Waals surface area contributed by atoms with E-state index in [9.17, 15) is 23.3 Å². The van der Waals surface area contributed by atoms with E-state index in [1.54, 1.807) is 30.5 Å². The lowest BCUT2D eigenvalue weighted by molar-refractivity contribution is -0.386. The van der Waals surface area contributed by atoms with Crippen LogP contribution in [0.2, 0.25) is 5.02 Å². The summed E-state index contributed by atoms with van der Waals surface area (Å²) in [6, 6.07) is 19.3. The summed E-state index contributed by atoms with van der Waals surface area (Å²) in [5.74, 6) is -2.00. The molecule has 1 N–H and O–H groups in total. The number of fused-ring (bicyclic) bond motifs is 1. The van der Waals surface area contributed by atoms with E-state index >= 15 is 9.18 Å². The summed E-state index contributed by atoms with van der Waals surface area (Å²) in [4.78, 5) is 51.2. The van der Waals surface area contributed by atoms with Crippen LogP contribution >= 0.6 is 11.6 Å². The number of allylic oxidation sites excluding steroid dienone is 1. The van der Waals surface area contributed by atoms with Crippen molar-refractivity contribution in [2.75, 3.05) is 71.1 Å². The minimum absolute atomic E-state index is 0.00302. The van der Waals surface area contributed by atoms with Gasteiger partial charge in [-0.15, -0.1) is 0 Å². The number of hydrogen-bond donors (Lipinski definition) is 1. The van der Waals surface area contributed by atoms with Crippen LogP contribution in [0.4, 0.5) is 15.8 Å². The number of H-pyrrole nitrogens is 1. The number of aromatic nitrogens is 2. The number of nitro groups is 1. The van der Waals surface area contributed by atoms with Crippen molar-refractivity contribution in [1.82, 2.24) is 19.2 Å². The van der Waals surface area contributed by atoms with Gasteiger partial charge in [0, 0.05) is 93.2 Å². The predicted octanol–water partition coefficient (Wildman–Crippen LogP) is 9.63.